The number of ether oxygens (including phenoxy) is 1. The van der Waals surface area contributed by atoms with Gasteiger partial charge in [0.25, 0.3) is 0 Å². The Morgan fingerprint density at radius 2 is 2.05 bits per heavy atom. The summed E-state index contributed by atoms with van der Waals surface area (Å²) in [5.41, 5.74) is -0.115. The summed E-state index contributed by atoms with van der Waals surface area (Å²) in [6, 6.07) is 3.86. The van der Waals surface area contributed by atoms with Gasteiger partial charge in [0, 0.05) is 31.9 Å². The summed E-state index contributed by atoms with van der Waals surface area (Å²) in [5, 5.41) is 2.82. The van der Waals surface area contributed by atoms with E-state index in [0.717, 1.165) is 19.0 Å². The average molecular weight is 304 g/mol. The number of nitrogens with zero attached hydrogens (tertiary/aromatic N) is 1. The molecule has 1 heterocycles. The molecule has 1 fully saturated rings. The van der Waals surface area contributed by atoms with Crippen molar-refractivity contribution >= 4 is 12.5 Å². The molecule has 0 aromatic heterocycles. The second kappa shape index (κ2) is 7.31. The molecule has 0 aliphatic carbocycles. The highest BCUT2D eigenvalue weighted by Crippen LogP contribution is 2.38. The molecule has 1 N–H and O–H groups in total. The fourth-order valence-corrected chi connectivity index (χ4v) is 2.18. The van der Waals surface area contributed by atoms with Gasteiger partial charge in [0.1, 0.15) is 18.6 Å². The van der Waals surface area contributed by atoms with Crippen LogP contribution in [0.25, 0.3) is 0 Å². The first-order valence-electron chi connectivity index (χ1n) is 6.43. The normalized spacial score (nSPS) is 18.8. The van der Waals surface area contributed by atoms with E-state index in [-0.39, 0.29) is 11.9 Å². The number of halogens is 3. The number of carbonyl (C=O) groups is 1. The SMILES string of the molecule is C=O.CNc1ccc(C(F)(F)F)c(OC2CCN(C)C2)c1. The number of alkyl halides is 3. The van der Waals surface area contributed by atoms with Crippen LogP contribution in [0.4, 0.5) is 18.9 Å². The Bertz CT molecular complexity index is 466. The number of hydrogen-bond acceptors (Lipinski definition) is 4. The van der Waals surface area contributed by atoms with E-state index >= 15 is 0 Å². The molecule has 1 atom stereocenters. The molecule has 1 unspecified atom stereocenters. The summed E-state index contributed by atoms with van der Waals surface area (Å²) in [6.45, 7) is 3.50. The van der Waals surface area contributed by atoms with Crippen molar-refractivity contribution in [3.05, 3.63) is 23.8 Å². The second-order valence-corrected chi connectivity index (χ2v) is 4.75. The fourth-order valence-electron chi connectivity index (χ4n) is 2.18. The van der Waals surface area contributed by atoms with Crippen molar-refractivity contribution in [1.29, 1.82) is 0 Å². The van der Waals surface area contributed by atoms with E-state index < -0.39 is 11.7 Å². The highest BCUT2D eigenvalue weighted by atomic mass is 19.4. The Kier molecular flexibility index (Phi) is 6.02. The van der Waals surface area contributed by atoms with Crippen LogP contribution in [-0.2, 0) is 11.0 Å². The van der Waals surface area contributed by atoms with Crippen molar-refractivity contribution in [3.8, 4) is 5.75 Å². The summed E-state index contributed by atoms with van der Waals surface area (Å²) >= 11 is 0. The van der Waals surface area contributed by atoms with Crippen LogP contribution in [0.1, 0.15) is 12.0 Å². The topological polar surface area (TPSA) is 41.6 Å². The van der Waals surface area contributed by atoms with Crippen molar-refractivity contribution in [3.63, 3.8) is 0 Å². The quantitative estimate of drug-likeness (QED) is 0.932. The van der Waals surface area contributed by atoms with Gasteiger partial charge in [0.2, 0.25) is 0 Å². The molecule has 1 aliphatic heterocycles. The lowest BCUT2D eigenvalue weighted by atomic mass is 10.1. The molecule has 118 valence electrons. The maximum atomic E-state index is 12.9. The molecule has 0 spiro atoms. The van der Waals surface area contributed by atoms with Gasteiger partial charge in [-0.1, -0.05) is 0 Å². The summed E-state index contributed by atoms with van der Waals surface area (Å²) in [4.78, 5) is 10.0. The Hall–Kier alpha value is -1.76. The van der Waals surface area contributed by atoms with Crippen molar-refractivity contribution in [2.75, 3.05) is 32.5 Å². The van der Waals surface area contributed by atoms with E-state index in [4.69, 9.17) is 9.53 Å². The molecule has 4 nitrogen and oxygen atoms in total. The van der Waals surface area contributed by atoms with Gasteiger partial charge in [-0.2, -0.15) is 13.2 Å². The molecule has 1 saturated heterocycles. The van der Waals surface area contributed by atoms with Crippen LogP contribution in [0.2, 0.25) is 0 Å². The first kappa shape index (κ1) is 17.3. The lowest BCUT2D eigenvalue weighted by Gasteiger charge is -2.19. The number of likely N-dealkylation sites (N-methyl/N-ethyl adjacent to an activating group) is 1. The molecule has 1 aliphatic rings. The summed E-state index contributed by atoms with van der Waals surface area (Å²) in [7, 11) is 3.59. The smallest absolute Gasteiger partial charge is 0.419 e. The molecule has 0 radical (unpaired) electrons. The number of likely N-dealkylation sites (tertiary alicyclic amines) is 1. The second-order valence-electron chi connectivity index (χ2n) is 4.75. The molecule has 0 amide bonds. The Balaban J connectivity index is 0.00000106. The van der Waals surface area contributed by atoms with Crippen molar-refractivity contribution in [2.45, 2.75) is 18.7 Å². The first-order chi connectivity index (χ1) is 9.90. The fraction of sp³-hybridized carbons (Fsp3) is 0.500. The molecule has 21 heavy (non-hydrogen) atoms. The highest BCUT2D eigenvalue weighted by Gasteiger charge is 2.35. The standard InChI is InChI=1S/C13H17F3N2O.CH2O/c1-17-9-3-4-11(13(14,15)16)12(7-9)19-10-5-6-18(2)8-10;1-2/h3-4,7,10,17H,5-6,8H2,1-2H3;1H2. The minimum atomic E-state index is -4.40. The Morgan fingerprint density at radius 1 is 1.38 bits per heavy atom. The number of carbonyl (C=O) groups excluding carboxylic acids is 1. The van der Waals surface area contributed by atoms with Gasteiger partial charge < -0.3 is 19.7 Å². The molecular weight excluding hydrogens is 285 g/mol. The average Bonchev–Trinajstić information content (AvgIpc) is 2.85. The number of anilines is 1. The van der Waals surface area contributed by atoms with Crippen LogP contribution in [0.5, 0.6) is 5.75 Å². The minimum Gasteiger partial charge on any atom is -0.488 e. The van der Waals surface area contributed by atoms with E-state index in [1.165, 1.54) is 12.1 Å². The zero-order valence-corrected chi connectivity index (χ0v) is 12.0. The monoisotopic (exact) mass is 304 g/mol. The molecule has 1 aromatic carbocycles. The summed E-state index contributed by atoms with van der Waals surface area (Å²) in [5.74, 6) is -0.0975. The van der Waals surface area contributed by atoms with Crippen molar-refractivity contribution in [2.24, 2.45) is 0 Å². The lowest BCUT2D eigenvalue weighted by molar-refractivity contribution is -0.139. The Labute approximate surface area is 121 Å². The molecular formula is C14H19F3N2O2. The van der Waals surface area contributed by atoms with E-state index in [9.17, 15) is 13.2 Å². The van der Waals surface area contributed by atoms with E-state index in [1.54, 1.807) is 7.05 Å². The highest BCUT2D eigenvalue weighted by molar-refractivity contribution is 5.52. The van der Waals surface area contributed by atoms with Crippen LogP contribution in [0.15, 0.2) is 18.2 Å². The zero-order valence-electron chi connectivity index (χ0n) is 12.0. The van der Waals surface area contributed by atoms with Gasteiger partial charge in [-0.15, -0.1) is 0 Å². The maximum absolute atomic E-state index is 12.9. The minimum absolute atomic E-state index is 0.0975. The third-order valence-electron chi connectivity index (χ3n) is 3.22. The van der Waals surface area contributed by atoms with Crippen LogP contribution < -0.4 is 10.1 Å². The number of nitrogens with one attached hydrogen (secondary N) is 1. The van der Waals surface area contributed by atoms with Gasteiger partial charge >= 0.3 is 6.18 Å². The lowest BCUT2D eigenvalue weighted by Crippen LogP contribution is -2.22. The summed E-state index contributed by atoms with van der Waals surface area (Å²) < 4.78 is 44.3. The summed E-state index contributed by atoms with van der Waals surface area (Å²) in [6.07, 6.45) is -3.83. The molecule has 0 saturated carbocycles. The number of hydrogen-bond donors (Lipinski definition) is 1. The molecule has 7 heteroatoms. The van der Waals surface area contributed by atoms with Gasteiger partial charge in [0.05, 0.1) is 5.56 Å². The van der Waals surface area contributed by atoms with Crippen LogP contribution in [0.3, 0.4) is 0 Å². The van der Waals surface area contributed by atoms with Gasteiger partial charge in [0.15, 0.2) is 0 Å². The van der Waals surface area contributed by atoms with E-state index in [0.29, 0.717) is 12.2 Å². The largest absolute Gasteiger partial charge is 0.488 e. The number of benzene rings is 1. The molecule has 0 bridgehead atoms. The van der Waals surface area contributed by atoms with E-state index in [1.807, 2.05) is 18.7 Å². The predicted molar refractivity (Wildman–Crippen MR) is 74.6 cm³/mol. The van der Waals surface area contributed by atoms with Crippen LogP contribution in [0, 0.1) is 0 Å². The predicted octanol–water partition coefficient (Wildman–Crippen LogP) is 2.65. The van der Waals surface area contributed by atoms with Crippen LogP contribution >= 0.6 is 0 Å². The van der Waals surface area contributed by atoms with Gasteiger partial charge in [-0.25, -0.2) is 0 Å². The Morgan fingerprint density at radius 3 is 2.52 bits per heavy atom. The van der Waals surface area contributed by atoms with E-state index in [2.05, 4.69) is 5.32 Å². The molecule has 2 rings (SSSR count). The van der Waals surface area contributed by atoms with Crippen molar-refractivity contribution in [1.82, 2.24) is 4.90 Å². The third-order valence-corrected chi connectivity index (χ3v) is 3.22. The van der Waals surface area contributed by atoms with Crippen molar-refractivity contribution < 1.29 is 22.7 Å². The maximum Gasteiger partial charge on any atom is 0.419 e. The van der Waals surface area contributed by atoms with Gasteiger partial charge in [-0.05, 0) is 25.6 Å². The third kappa shape index (κ3) is 4.63. The first-order valence-corrected chi connectivity index (χ1v) is 6.43. The molecule has 1 aromatic rings. The number of rotatable bonds is 3. The zero-order chi connectivity index (χ0) is 16.0. The van der Waals surface area contributed by atoms with Gasteiger partial charge in [-0.3, -0.25) is 0 Å². The van der Waals surface area contributed by atoms with Crippen LogP contribution in [-0.4, -0.2) is 45.0 Å².